The quantitative estimate of drug-likeness (QED) is 0.462. The maximum atomic E-state index is 12.5. The standard InChI is InChI=1S/C24H30N6O5S/c1-28(2)36(31,32)30-11-14-34-20(16-30)17-35-24-23-22(25-7-8-26-23)15-21(27-24)18-3-5-19(6-4-18)29-9-12-33-13-10-29/h3-8,15,20H,9-14,16-17H2,1-2H3. The molecule has 1 aromatic carbocycles. The molecule has 2 aromatic heterocycles. The number of hydrogen-bond acceptors (Lipinski definition) is 9. The van der Waals surface area contributed by atoms with Gasteiger partial charge in [0.05, 0.1) is 31.0 Å². The van der Waals surface area contributed by atoms with Crippen LogP contribution >= 0.6 is 0 Å². The van der Waals surface area contributed by atoms with Crippen molar-refractivity contribution in [2.24, 2.45) is 0 Å². The van der Waals surface area contributed by atoms with Gasteiger partial charge in [0.25, 0.3) is 10.2 Å². The molecule has 3 aromatic rings. The Morgan fingerprint density at radius 2 is 1.81 bits per heavy atom. The summed E-state index contributed by atoms with van der Waals surface area (Å²) >= 11 is 0. The average Bonchev–Trinajstić information content (AvgIpc) is 2.92. The highest BCUT2D eigenvalue weighted by Gasteiger charge is 2.31. The van der Waals surface area contributed by atoms with Gasteiger partial charge in [-0.1, -0.05) is 12.1 Å². The van der Waals surface area contributed by atoms with Crippen molar-refractivity contribution in [3.63, 3.8) is 0 Å². The number of pyridine rings is 1. The van der Waals surface area contributed by atoms with Crippen LogP contribution in [0.5, 0.6) is 5.88 Å². The molecule has 1 unspecified atom stereocenters. The van der Waals surface area contributed by atoms with Gasteiger partial charge in [0, 0.05) is 63.9 Å². The van der Waals surface area contributed by atoms with Gasteiger partial charge in [0.1, 0.15) is 12.7 Å². The summed E-state index contributed by atoms with van der Waals surface area (Å²) in [6.45, 7) is 4.15. The Morgan fingerprint density at radius 1 is 1.06 bits per heavy atom. The molecule has 0 radical (unpaired) electrons. The minimum absolute atomic E-state index is 0.136. The minimum atomic E-state index is -3.52. The van der Waals surface area contributed by atoms with E-state index in [-0.39, 0.29) is 13.2 Å². The third-order valence-electron chi connectivity index (χ3n) is 6.26. The Kier molecular flexibility index (Phi) is 7.30. The first-order valence-corrected chi connectivity index (χ1v) is 13.3. The van der Waals surface area contributed by atoms with Crippen LogP contribution in [0.25, 0.3) is 22.3 Å². The molecule has 2 fully saturated rings. The SMILES string of the molecule is CN(C)S(=O)(=O)N1CCOC(COc2nc(-c3ccc(N4CCOCC4)cc3)cc3nccnc23)C1. The average molecular weight is 515 g/mol. The van der Waals surface area contributed by atoms with Gasteiger partial charge in [-0.2, -0.15) is 17.0 Å². The molecule has 0 amide bonds. The molecule has 0 aliphatic carbocycles. The third-order valence-corrected chi connectivity index (χ3v) is 8.17. The predicted octanol–water partition coefficient (Wildman–Crippen LogP) is 1.41. The summed E-state index contributed by atoms with van der Waals surface area (Å²) in [5, 5.41) is 0. The maximum Gasteiger partial charge on any atom is 0.281 e. The zero-order valence-electron chi connectivity index (χ0n) is 20.4. The highest BCUT2D eigenvalue weighted by Crippen LogP contribution is 2.29. The van der Waals surface area contributed by atoms with E-state index in [2.05, 4.69) is 27.0 Å². The smallest absolute Gasteiger partial charge is 0.281 e. The Labute approximate surface area is 210 Å². The van der Waals surface area contributed by atoms with E-state index in [1.165, 1.54) is 22.7 Å². The lowest BCUT2D eigenvalue weighted by molar-refractivity contribution is -0.0264. The molecule has 0 N–H and O–H groups in total. The van der Waals surface area contributed by atoms with Crippen LogP contribution < -0.4 is 9.64 Å². The van der Waals surface area contributed by atoms with Crippen molar-refractivity contribution in [1.82, 2.24) is 23.6 Å². The number of rotatable bonds is 7. The Bertz CT molecular complexity index is 1300. The molecule has 11 nitrogen and oxygen atoms in total. The van der Waals surface area contributed by atoms with E-state index in [4.69, 9.17) is 19.2 Å². The van der Waals surface area contributed by atoms with E-state index in [1.807, 2.05) is 18.2 Å². The number of aromatic nitrogens is 3. The van der Waals surface area contributed by atoms with Crippen molar-refractivity contribution in [2.45, 2.75) is 6.10 Å². The normalized spacial score (nSPS) is 19.6. The number of benzene rings is 1. The molecule has 5 rings (SSSR count). The molecule has 0 bridgehead atoms. The number of anilines is 1. The molecule has 0 saturated carbocycles. The molecule has 4 heterocycles. The molecule has 192 valence electrons. The van der Waals surface area contributed by atoms with E-state index in [0.29, 0.717) is 35.8 Å². The Balaban J connectivity index is 1.35. The number of nitrogens with zero attached hydrogens (tertiary/aromatic N) is 6. The number of hydrogen-bond donors (Lipinski definition) is 0. The van der Waals surface area contributed by atoms with Crippen molar-refractivity contribution >= 4 is 26.9 Å². The van der Waals surface area contributed by atoms with Crippen LogP contribution in [0.4, 0.5) is 5.69 Å². The second kappa shape index (κ2) is 10.6. The van der Waals surface area contributed by atoms with Gasteiger partial charge >= 0.3 is 0 Å². The topological polar surface area (TPSA) is 110 Å². The third kappa shape index (κ3) is 5.27. The fraction of sp³-hybridized carbons (Fsp3) is 0.458. The van der Waals surface area contributed by atoms with Crippen molar-refractivity contribution in [1.29, 1.82) is 0 Å². The fourth-order valence-electron chi connectivity index (χ4n) is 4.26. The van der Waals surface area contributed by atoms with Crippen molar-refractivity contribution in [2.75, 3.05) is 71.6 Å². The molecule has 1 atom stereocenters. The fourth-order valence-corrected chi connectivity index (χ4v) is 5.38. The summed E-state index contributed by atoms with van der Waals surface area (Å²) in [6.07, 6.45) is 2.79. The van der Waals surface area contributed by atoms with E-state index >= 15 is 0 Å². The van der Waals surface area contributed by atoms with Gasteiger partial charge in [0.15, 0.2) is 5.52 Å². The van der Waals surface area contributed by atoms with Gasteiger partial charge in [-0.3, -0.25) is 4.98 Å². The van der Waals surface area contributed by atoms with Crippen LogP contribution in [-0.2, 0) is 19.7 Å². The van der Waals surface area contributed by atoms with Crippen molar-refractivity contribution in [3.05, 3.63) is 42.7 Å². The van der Waals surface area contributed by atoms with Crippen LogP contribution in [0.1, 0.15) is 0 Å². The monoisotopic (exact) mass is 514 g/mol. The zero-order valence-corrected chi connectivity index (χ0v) is 21.2. The molecular weight excluding hydrogens is 484 g/mol. The lowest BCUT2D eigenvalue weighted by atomic mass is 10.1. The van der Waals surface area contributed by atoms with E-state index in [1.54, 1.807) is 12.4 Å². The molecular formula is C24H30N6O5S. The number of fused-ring (bicyclic) bond motifs is 1. The number of morpholine rings is 2. The van der Waals surface area contributed by atoms with Crippen LogP contribution in [0.3, 0.4) is 0 Å². The largest absolute Gasteiger partial charge is 0.473 e. The molecule has 2 aliphatic rings. The lowest BCUT2D eigenvalue weighted by Gasteiger charge is -2.33. The first kappa shape index (κ1) is 24.8. The van der Waals surface area contributed by atoms with E-state index < -0.39 is 16.3 Å². The van der Waals surface area contributed by atoms with Gasteiger partial charge in [0.2, 0.25) is 5.88 Å². The first-order valence-electron chi connectivity index (χ1n) is 11.9. The first-order chi connectivity index (χ1) is 17.4. The van der Waals surface area contributed by atoms with Gasteiger partial charge < -0.3 is 19.1 Å². The van der Waals surface area contributed by atoms with Crippen molar-refractivity contribution in [3.8, 4) is 17.1 Å². The van der Waals surface area contributed by atoms with Crippen LogP contribution in [0.15, 0.2) is 42.7 Å². The van der Waals surface area contributed by atoms with Crippen LogP contribution in [-0.4, -0.2) is 105 Å². The summed E-state index contributed by atoms with van der Waals surface area (Å²) in [5.41, 5.74) is 4.00. The maximum absolute atomic E-state index is 12.5. The Hall–Kier alpha value is -2.90. The number of ether oxygens (including phenoxy) is 3. The molecule has 0 spiro atoms. The van der Waals surface area contributed by atoms with E-state index in [9.17, 15) is 8.42 Å². The highest BCUT2D eigenvalue weighted by molar-refractivity contribution is 7.86. The second-order valence-corrected chi connectivity index (χ2v) is 11.0. The molecule has 12 heteroatoms. The van der Waals surface area contributed by atoms with Gasteiger partial charge in [-0.25, -0.2) is 9.97 Å². The van der Waals surface area contributed by atoms with Crippen LogP contribution in [0, 0.1) is 0 Å². The minimum Gasteiger partial charge on any atom is -0.473 e. The summed E-state index contributed by atoms with van der Waals surface area (Å²) in [5.74, 6) is 0.337. The van der Waals surface area contributed by atoms with Crippen molar-refractivity contribution < 1.29 is 22.6 Å². The summed E-state index contributed by atoms with van der Waals surface area (Å²) < 4.78 is 44.9. The second-order valence-electron chi connectivity index (χ2n) is 8.84. The van der Waals surface area contributed by atoms with Gasteiger partial charge in [-0.05, 0) is 18.2 Å². The van der Waals surface area contributed by atoms with E-state index in [0.717, 1.165) is 37.6 Å². The molecule has 36 heavy (non-hydrogen) atoms. The molecule has 2 aliphatic heterocycles. The zero-order chi connectivity index (χ0) is 25.1. The Morgan fingerprint density at radius 3 is 2.56 bits per heavy atom. The summed E-state index contributed by atoms with van der Waals surface area (Å²) in [6, 6.07) is 10.1. The van der Waals surface area contributed by atoms with Crippen LogP contribution in [0.2, 0.25) is 0 Å². The summed E-state index contributed by atoms with van der Waals surface area (Å²) in [4.78, 5) is 15.9. The lowest BCUT2D eigenvalue weighted by Crippen LogP contribution is -2.50. The highest BCUT2D eigenvalue weighted by atomic mass is 32.2. The predicted molar refractivity (Wildman–Crippen MR) is 135 cm³/mol. The van der Waals surface area contributed by atoms with Gasteiger partial charge in [-0.15, -0.1) is 0 Å². The summed E-state index contributed by atoms with van der Waals surface area (Å²) in [7, 11) is -0.487. The molecule has 2 saturated heterocycles.